The van der Waals surface area contributed by atoms with Crippen molar-refractivity contribution in [3.05, 3.63) is 0 Å². The molecule has 54 valence electrons. The molecule has 0 bridgehead atoms. The van der Waals surface area contributed by atoms with Crippen molar-refractivity contribution in [3.63, 3.8) is 0 Å². The predicted octanol–water partition coefficient (Wildman–Crippen LogP) is 1.14. The molecule has 0 N–H and O–H groups in total. The van der Waals surface area contributed by atoms with Gasteiger partial charge in [-0.3, -0.25) is 0 Å². The normalized spacial score (nSPS) is 9.00. The van der Waals surface area contributed by atoms with Crippen LogP contribution in [0.2, 0.25) is 9.38 Å². The molecule has 5 heteroatoms. The number of rotatable bonds is 3. The van der Waals surface area contributed by atoms with Gasteiger partial charge in [-0.1, -0.05) is 0 Å². The second-order valence-electron chi connectivity index (χ2n) is 1.46. The SMILES string of the molecule is C[CH2][Sn][C](=O)O[C](=O)[Sn][CH3]. The number of carbonyl (C=O) groups excluding carboxylic acids is 2. The number of hydrogen-bond acceptors (Lipinski definition) is 3. The summed E-state index contributed by atoms with van der Waals surface area (Å²) in [5.41, 5.74) is 0. The van der Waals surface area contributed by atoms with Gasteiger partial charge >= 0.3 is 80.9 Å². The Morgan fingerprint density at radius 2 is 2.00 bits per heavy atom. The summed E-state index contributed by atoms with van der Waals surface area (Å²) in [7, 11) is 0. The Balaban J connectivity index is 3.47. The molecule has 0 aromatic rings. The van der Waals surface area contributed by atoms with E-state index in [9.17, 15) is 9.59 Å². The van der Waals surface area contributed by atoms with Crippen LogP contribution in [0.15, 0.2) is 0 Å². The molecule has 0 heterocycles. The molecule has 0 rings (SSSR count). The third-order valence-corrected chi connectivity index (χ3v) is 4.29. The third-order valence-electron chi connectivity index (χ3n) is 0.711. The van der Waals surface area contributed by atoms with Crippen LogP contribution in [-0.4, -0.2) is 50.3 Å². The van der Waals surface area contributed by atoms with Crippen molar-refractivity contribution in [1.82, 2.24) is 0 Å². The molecule has 0 aromatic carbocycles. The number of hydrogen-bond donors (Lipinski definition) is 0. The summed E-state index contributed by atoms with van der Waals surface area (Å²) in [6.45, 7) is 1.95. The first-order chi connectivity index (χ1) is 4.70. The quantitative estimate of drug-likeness (QED) is 0.564. The van der Waals surface area contributed by atoms with Gasteiger partial charge < -0.3 is 0 Å². The van der Waals surface area contributed by atoms with Crippen LogP contribution in [-0.2, 0) is 4.74 Å². The first-order valence-corrected chi connectivity index (χ1v) is 10.6. The van der Waals surface area contributed by atoms with Crippen molar-refractivity contribution in [3.8, 4) is 0 Å². The predicted molar refractivity (Wildman–Crippen MR) is 39.7 cm³/mol. The van der Waals surface area contributed by atoms with E-state index in [0.717, 1.165) is 4.44 Å². The fourth-order valence-corrected chi connectivity index (χ4v) is 3.00. The van der Waals surface area contributed by atoms with Crippen molar-refractivity contribution in [2.75, 3.05) is 0 Å². The first kappa shape index (κ1) is 10.7. The Morgan fingerprint density at radius 3 is 2.40 bits per heavy atom. The van der Waals surface area contributed by atoms with Crippen LogP contribution < -0.4 is 0 Å². The van der Waals surface area contributed by atoms with Crippen molar-refractivity contribution in [2.45, 2.75) is 16.3 Å². The van der Waals surface area contributed by atoms with Crippen LogP contribution in [0.1, 0.15) is 6.92 Å². The van der Waals surface area contributed by atoms with Gasteiger partial charge in [0.25, 0.3) is 0 Å². The third kappa shape index (κ3) is 5.52. The van der Waals surface area contributed by atoms with Crippen LogP contribution >= 0.6 is 0 Å². The zero-order valence-electron chi connectivity index (χ0n) is 5.93. The number of ether oxygens (including phenoxy) is 1. The van der Waals surface area contributed by atoms with Crippen molar-refractivity contribution in [2.24, 2.45) is 0 Å². The summed E-state index contributed by atoms with van der Waals surface area (Å²) in [5.74, 6) is 0. The van der Waals surface area contributed by atoms with Crippen LogP contribution in [0.3, 0.4) is 0 Å². The van der Waals surface area contributed by atoms with E-state index in [-0.39, 0.29) is 7.97 Å². The maximum atomic E-state index is 10.7. The molecule has 0 saturated heterocycles. The van der Waals surface area contributed by atoms with E-state index in [2.05, 4.69) is 4.74 Å². The van der Waals surface area contributed by atoms with E-state index in [1.165, 1.54) is 0 Å². The zero-order chi connectivity index (χ0) is 7.98. The second kappa shape index (κ2) is 6.45. The molecule has 0 unspecified atom stereocenters. The Bertz CT molecular complexity index is 135. The van der Waals surface area contributed by atoms with Gasteiger partial charge in [0.2, 0.25) is 0 Å². The average Bonchev–Trinajstić information content (AvgIpc) is 1.88. The van der Waals surface area contributed by atoms with Gasteiger partial charge in [-0.2, -0.15) is 0 Å². The second-order valence-corrected chi connectivity index (χ2v) is 8.24. The molecule has 0 aliphatic carbocycles. The maximum absolute atomic E-state index is 10.7. The summed E-state index contributed by atoms with van der Waals surface area (Å²) < 4.78 is 4.98. The van der Waals surface area contributed by atoms with Crippen LogP contribution in [0.25, 0.3) is 0 Å². The van der Waals surface area contributed by atoms with Gasteiger partial charge in [-0.05, 0) is 0 Å². The van der Waals surface area contributed by atoms with Crippen LogP contribution in [0.5, 0.6) is 0 Å². The van der Waals surface area contributed by atoms with Gasteiger partial charge in [0.15, 0.2) is 0 Å². The zero-order valence-corrected chi connectivity index (χ0v) is 11.6. The van der Waals surface area contributed by atoms with E-state index < -0.39 is 42.3 Å². The van der Waals surface area contributed by atoms with Gasteiger partial charge in [-0.15, -0.1) is 0 Å². The molecule has 0 fully saturated rings. The molecule has 0 aliphatic rings. The molecule has 0 amide bonds. The fourth-order valence-electron chi connectivity index (χ4n) is 0.316. The average molecular weight is 354 g/mol. The van der Waals surface area contributed by atoms with E-state index in [1.54, 1.807) is 0 Å². The Morgan fingerprint density at radius 1 is 1.40 bits per heavy atom. The van der Waals surface area contributed by atoms with E-state index in [1.807, 2.05) is 11.9 Å². The summed E-state index contributed by atoms with van der Waals surface area (Å²) in [6.07, 6.45) is 0. The molecule has 4 radical (unpaired) electrons. The molecule has 0 spiro atoms. The topological polar surface area (TPSA) is 43.4 Å². The molecule has 0 atom stereocenters. The Labute approximate surface area is 80.3 Å². The van der Waals surface area contributed by atoms with Crippen LogP contribution in [0, 0.1) is 0 Å². The minimum absolute atomic E-state index is 0.209. The van der Waals surface area contributed by atoms with Gasteiger partial charge in [-0.25, -0.2) is 0 Å². The van der Waals surface area contributed by atoms with E-state index in [0.29, 0.717) is 0 Å². The summed E-state index contributed by atoms with van der Waals surface area (Å²) in [6, 6.07) is 0. The standard InChI is InChI=1S/C2O3.C2H5.CH3.2Sn/c3-1-5-2-4;1-2;;;/h;1H2,2H3;1H3;;. The van der Waals surface area contributed by atoms with E-state index in [4.69, 9.17) is 0 Å². The molecule has 0 saturated carbocycles. The first-order valence-electron chi connectivity index (χ1n) is 2.88. The molecular formula is C5H8O3Sn2. The van der Waals surface area contributed by atoms with Gasteiger partial charge in [0.1, 0.15) is 0 Å². The summed E-state index contributed by atoms with van der Waals surface area (Å²) in [4.78, 5) is 23.1. The molecule has 10 heavy (non-hydrogen) atoms. The summed E-state index contributed by atoms with van der Waals surface area (Å²) in [5, 5.41) is 0. The Hall–Kier alpha value is 0.737. The molecular weight excluding hydrogens is 345 g/mol. The summed E-state index contributed by atoms with van der Waals surface area (Å²) >= 11 is -2.02. The monoisotopic (exact) mass is 356 g/mol. The number of carbonyl (C=O) groups is 2. The Kier molecular flexibility index (Phi) is 6.92. The van der Waals surface area contributed by atoms with Crippen LogP contribution in [0.4, 0.5) is 9.59 Å². The van der Waals surface area contributed by atoms with Crippen molar-refractivity contribution >= 4 is 50.3 Å². The minimum atomic E-state index is -1.01. The van der Waals surface area contributed by atoms with E-state index >= 15 is 0 Å². The van der Waals surface area contributed by atoms with Gasteiger partial charge in [0, 0.05) is 0 Å². The van der Waals surface area contributed by atoms with Crippen molar-refractivity contribution < 1.29 is 14.3 Å². The molecule has 0 aromatic heterocycles. The molecule has 0 aliphatic heterocycles. The fraction of sp³-hybridized carbons (Fsp3) is 0.600. The van der Waals surface area contributed by atoms with Gasteiger partial charge in [0.05, 0.1) is 0 Å². The molecule has 3 nitrogen and oxygen atoms in total. The van der Waals surface area contributed by atoms with Crippen molar-refractivity contribution in [1.29, 1.82) is 0 Å².